The van der Waals surface area contributed by atoms with Crippen LogP contribution in [0, 0.1) is 5.82 Å². The summed E-state index contributed by atoms with van der Waals surface area (Å²) in [5.41, 5.74) is 3.27. The maximum Gasteiger partial charge on any atom is 0.137 e. The zero-order valence-corrected chi connectivity index (χ0v) is 12.9. The quantitative estimate of drug-likeness (QED) is 0.859. The van der Waals surface area contributed by atoms with Crippen LogP contribution in [-0.2, 0) is 24.4 Å². The van der Waals surface area contributed by atoms with Crippen LogP contribution in [0.3, 0.4) is 0 Å². The molecule has 0 saturated heterocycles. The van der Waals surface area contributed by atoms with Crippen molar-refractivity contribution < 1.29 is 9.13 Å². The predicted molar refractivity (Wildman–Crippen MR) is 81.8 cm³/mol. The molecule has 0 atom stereocenters. The van der Waals surface area contributed by atoms with Gasteiger partial charge in [-0.05, 0) is 38.7 Å². The minimum absolute atomic E-state index is 0.232. The first-order valence-electron chi connectivity index (χ1n) is 6.41. The third-order valence-corrected chi connectivity index (χ3v) is 3.97. The smallest absolute Gasteiger partial charge is 0.137 e. The van der Waals surface area contributed by atoms with E-state index < -0.39 is 0 Å². The molecule has 0 amide bonds. The Morgan fingerprint density at radius 2 is 1.65 bits per heavy atom. The van der Waals surface area contributed by atoms with Gasteiger partial charge in [-0.25, -0.2) is 4.39 Å². The van der Waals surface area contributed by atoms with E-state index in [9.17, 15) is 4.39 Å². The molecule has 0 aromatic heterocycles. The van der Waals surface area contributed by atoms with Gasteiger partial charge in [-0.1, -0.05) is 36.4 Å². The van der Waals surface area contributed by atoms with Crippen LogP contribution in [0.25, 0.3) is 0 Å². The summed E-state index contributed by atoms with van der Waals surface area (Å²) in [5, 5.41) is 3.33. The van der Waals surface area contributed by atoms with Crippen molar-refractivity contribution in [3.8, 4) is 0 Å². The molecule has 0 fully saturated rings. The maximum absolute atomic E-state index is 13.4. The molecule has 2 aromatic carbocycles. The first kappa shape index (κ1) is 15.2. The summed E-state index contributed by atoms with van der Waals surface area (Å²) in [6.45, 7) is 1.93. The third kappa shape index (κ3) is 3.88. The minimum Gasteiger partial charge on any atom is -0.380 e. The average molecular weight is 338 g/mol. The zero-order valence-electron chi connectivity index (χ0n) is 11.3. The van der Waals surface area contributed by atoms with E-state index >= 15 is 0 Å². The summed E-state index contributed by atoms with van der Waals surface area (Å²) in [6.07, 6.45) is 0. The van der Waals surface area contributed by atoms with E-state index in [4.69, 9.17) is 4.74 Å². The molecular weight excluding hydrogens is 321 g/mol. The summed E-state index contributed by atoms with van der Waals surface area (Å²) >= 11 is 3.27. The van der Waals surface area contributed by atoms with Gasteiger partial charge < -0.3 is 10.1 Å². The normalized spacial score (nSPS) is 10.8. The molecule has 0 radical (unpaired) electrons. The Hall–Kier alpha value is -1.23. The first-order chi connectivity index (χ1) is 9.72. The van der Waals surface area contributed by atoms with Gasteiger partial charge in [-0.2, -0.15) is 0 Å². The lowest BCUT2D eigenvalue weighted by atomic mass is 10.1. The highest BCUT2D eigenvalue weighted by Crippen LogP contribution is 2.20. The van der Waals surface area contributed by atoms with Crippen LogP contribution < -0.4 is 5.32 Å². The van der Waals surface area contributed by atoms with E-state index in [1.54, 1.807) is 13.2 Å². The van der Waals surface area contributed by atoms with Crippen LogP contribution in [0.5, 0.6) is 0 Å². The van der Waals surface area contributed by atoms with Crippen LogP contribution in [-0.4, -0.2) is 7.11 Å². The second-order valence-corrected chi connectivity index (χ2v) is 5.31. The first-order valence-corrected chi connectivity index (χ1v) is 7.21. The summed E-state index contributed by atoms with van der Waals surface area (Å²) in [4.78, 5) is 0. The molecule has 2 rings (SSSR count). The number of hydrogen-bond acceptors (Lipinski definition) is 2. The number of hydrogen-bond donors (Lipinski definition) is 1. The molecule has 1 N–H and O–H groups in total. The van der Waals surface area contributed by atoms with E-state index in [1.165, 1.54) is 17.2 Å². The standard InChI is InChI=1S/C16H17BrFNO/c1-20-11-14-6-3-2-5-12(14)9-19-10-13-7-4-8-15(18)16(13)17/h2-8,19H,9-11H2,1H3. The average Bonchev–Trinajstić information content (AvgIpc) is 2.45. The number of methoxy groups -OCH3 is 1. The Bertz CT molecular complexity index is 574. The molecular formula is C16H17BrFNO. The van der Waals surface area contributed by atoms with Gasteiger partial charge in [0.05, 0.1) is 11.1 Å². The van der Waals surface area contributed by atoms with Crippen LogP contribution in [0.2, 0.25) is 0 Å². The lowest BCUT2D eigenvalue weighted by Gasteiger charge is -2.11. The Kier molecular flexibility index (Phi) is 5.71. The van der Waals surface area contributed by atoms with E-state index in [1.807, 2.05) is 18.2 Å². The van der Waals surface area contributed by atoms with E-state index in [0.717, 1.165) is 12.1 Å². The Labute approximate surface area is 127 Å². The van der Waals surface area contributed by atoms with E-state index in [0.29, 0.717) is 17.6 Å². The highest BCUT2D eigenvalue weighted by molar-refractivity contribution is 9.10. The van der Waals surface area contributed by atoms with Gasteiger partial charge in [0.15, 0.2) is 0 Å². The van der Waals surface area contributed by atoms with Crippen molar-refractivity contribution in [2.24, 2.45) is 0 Å². The molecule has 2 aromatic rings. The van der Waals surface area contributed by atoms with Crippen molar-refractivity contribution in [1.29, 1.82) is 0 Å². The molecule has 0 unspecified atom stereocenters. The Morgan fingerprint density at radius 1 is 1.00 bits per heavy atom. The Morgan fingerprint density at radius 3 is 2.40 bits per heavy atom. The summed E-state index contributed by atoms with van der Waals surface area (Å²) in [5.74, 6) is -0.232. The molecule has 0 bridgehead atoms. The minimum atomic E-state index is -0.232. The summed E-state index contributed by atoms with van der Waals surface area (Å²) in [6, 6.07) is 13.2. The van der Waals surface area contributed by atoms with Gasteiger partial charge in [0, 0.05) is 20.2 Å². The number of nitrogens with one attached hydrogen (secondary N) is 1. The number of halogens is 2. The molecule has 106 valence electrons. The van der Waals surface area contributed by atoms with Crippen molar-refractivity contribution in [1.82, 2.24) is 5.32 Å². The second kappa shape index (κ2) is 7.53. The van der Waals surface area contributed by atoms with Crippen LogP contribution in [0.4, 0.5) is 4.39 Å². The Balaban J connectivity index is 1.98. The van der Waals surface area contributed by atoms with Crippen molar-refractivity contribution in [2.45, 2.75) is 19.7 Å². The number of benzene rings is 2. The van der Waals surface area contributed by atoms with Gasteiger partial charge in [0.2, 0.25) is 0 Å². The van der Waals surface area contributed by atoms with Crippen molar-refractivity contribution >= 4 is 15.9 Å². The van der Waals surface area contributed by atoms with Crippen LogP contribution in [0.1, 0.15) is 16.7 Å². The lowest BCUT2D eigenvalue weighted by molar-refractivity contribution is 0.184. The highest BCUT2D eigenvalue weighted by Gasteiger charge is 2.05. The fourth-order valence-corrected chi connectivity index (χ4v) is 2.45. The van der Waals surface area contributed by atoms with Crippen LogP contribution in [0.15, 0.2) is 46.9 Å². The van der Waals surface area contributed by atoms with E-state index in [-0.39, 0.29) is 5.82 Å². The lowest BCUT2D eigenvalue weighted by Crippen LogP contribution is -2.14. The second-order valence-electron chi connectivity index (χ2n) is 4.52. The predicted octanol–water partition coefficient (Wildman–Crippen LogP) is 4.02. The number of rotatable bonds is 6. The molecule has 0 heterocycles. The van der Waals surface area contributed by atoms with Gasteiger partial charge in [-0.15, -0.1) is 0 Å². The highest BCUT2D eigenvalue weighted by atomic mass is 79.9. The molecule has 0 saturated carbocycles. The maximum atomic E-state index is 13.4. The summed E-state index contributed by atoms with van der Waals surface area (Å²) in [7, 11) is 1.69. The van der Waals surface area contributed by atoms with Gasteiger partial charge in [-0.3, -0.25) is 0 Å². The largest absolute Gasteiger partial charge is 0.380 e. The monoisotopic (exact) mass is 337 g/mol. The molecule has 0 aliphatic heterocycles. The molecule has 0 spiro atoms. The topological polar surface area (TPSA) is 21.3 Å². The van der Waals surface area contributed by atoms with Gasteiger partial charge in [0.25, 0.3) is 0 Å². The van der Waals surface area contributed by atoms with Crippen molar-refractivity contribution in [3.63, 3.8) is 0 Å². The molecule has 20 heavy (non-hydrogen) atoms. The molecule has 2 nitrogen and oxygen atoms in total. The molecule has 4 heteroatoms. The zero-order chi connectivity index (χ0) is 14.4. The molecule has 0 aliphatic rings. The SMILES string of the molecule is COCc1ccccc1CNCc1cccc(F)c1Br. The summed E-state index contributed by atoms with van der Waals surface area (Å²) < 4.78 is 19.1. The molecule has 0 aliphatic carbocycles. The van der Waals surface area contributed by atoms with Gasteiger partial charge in [0.1, 0.15) is 5.82 Å². The van der Waals surface area contributed by atoms with Crippen molar-refractivity contribution in [3.05, 3.63) is 69.4 Å². The van der Waals surface area contributed by atoms with Crippen molar-refractivity contribution in [2.75, 3.05) is 7.11 Å². The number of ether oxygens (including phenoxy) is 1. The van der Waals surface area contributed by atoms with E-state index in [2.05, 4.69) is 33.4 Å². The van der Waals surface area contributed by atoms with Crippen LogP contribution >= 0.6 is 15.9 Å². The fourth-order valence-electron chi connectivity index (χ4n) is 2.04. The fraction of sp³-hybridized carbons (Fsp3) is 0.250. The van der Waals surface area contributed by atoms with Gasteiger partial charge >= 0.3 is 0 Å². The third-order valence-electron chi connectivity index (χ3n) is 3.08.